The van der Waals surface area contributed by atoms with Crippen molar-refractivity contribution >= 4 is 39.1 Å². The number of sulfonamides is 1. The number of carbonyl (C=O) groups excluding carboxylic acids is 2. The Hall–Kier alpha value is -3.22. The third-order valence-corrected chi connectivity index (χ3v) is 13.0. The fraction of sp³-hybridized carbons (Fsp3) is 0.556. The van der Waals surface area contributed by atoms with Gasteiger partial charge in [0.2, 0.25) is 15.9 Å². The lowest BCUT2D eigenvalue weighted by molar-refractivity contribution is -0.171. The molecular formula is C36H44ClF2N3O6S. The van der Waals surface area contributed by atoms with Crippen LogP contribution in [0.3, 0.4) is 0 Å². The fourth-order valence-corrected chi connectivity index (χ4v) is 8.91. The second kappa shape index (κ2) is 13.8. The number of aliphatic hydroxyl groups is 1. The monoisotopic (exact) mass is 719 g/mol. The summed E-state index contributed by atoms with van der Waals surface area (Å²) in [6.07, 6.45) is 7.00. The van der Waals surface area contributed by atoms with E-state index in [1.54, 1.807) is 37.3 Å². The average Bonchev–Trinajstić information content (AvgIpc) is 3.03. The molecule has 2 bridgehead atoms. The molecule has 0 unspecified atom stereocenters. The second-order valence-electron chi connectivity index (χ2n) is 14.3. The molecule has 2 N–H and O–H groups in total. The number of benzene rings is 2. The van der Waals surface area contributed by atoms with Crippen molar-refractivity contribution in [1.82, 2.24) is 9.62 Å². The smallest absolute Gasteiger partial charge is 0.282 e. The van der Waals surface area contributed by atoms with Crippen LogP contribution >= 0.6 is 11.6 Å². The zero-order valence-electron chi connectivity index (χ0n) is 27.8. The zero-order valence-corrected chi connectivity index (χ0v) is 29.4. The Labute approximate surface area is 291 Å². The zero-order chi connectivity index (χ0) is 35.1. The van der Waals surface area contributed by atoms with Crippen LogP contribution in [0.25, 0.3) is 0 Å². The number of ether oxygens (including phenoxy) is 1. The van der Waals surface area contributed by atoms with Crippen LogP contribution in [-0.2, 0) is 27.8 Å². The van der Waals surface area contributed by atoms with E-state index in [0.29, 0.717) is 36.0 Å². The molecule has 0 spiro atoms. The summed E-state index contributed by atoms with van der Waals surface area (Å²) in [5, 5.41) is 11.9. The van der Waals surface area contributed by atoms with Crippen molar-refractivity contribution in [2.24, 2.45) is 17.8 Å². The Morgan fingerprint density at radius 1 is 1.10 bits per heavy atom. The highest BCUT2D eigenvalue weighted by atomic mass is 35.5. The van der Waals surface area contributed by atoms with E-state index in [1.807, 2.05) is 18.2 Å². The first-order valence-electron chi connectivity index (χ1n) is 17.0. The number of carbonyl (C=O) groups is 2. The van der Waals surface area contributed by atoms with Crippen molar-refractivity contribution in [3.8, 4) is 5.75 Å². The van der Waals surface area contributed by atoms with Gasteiger partial charge in [-0.15, -0.1) is 0 Å². The first-order valence-corrected chi connectivity index (χ1v) is 19.0. The molecule has 6 rings (SSSR count). The highest BCUT2D eigenvalue weighted by Crippen LogP contribution is 2.47. The first-order chi connectivity index (χ1) is 23.1. The van der Waals surface area contributed by atoms with E-state index in [0.717, 1.165) is 41.7 Å². The quantitative estimate of drug-likeness (QED) is 0.381. The maximum atomic E-state index is 13.7. The molecule has 4 aliphatic rings. The number of halogens is 3. The van der Waals surface area contributed by atoms with Crippen LogP contribution in [0, 0.1) is 17.8 Å². The Bertz CT molecular complexity index is 1730. The van der Waals surface area contributed by atoms with Crippen LogP contribution in [0.15, 0.2) is 48.6 Å². The van der Waals surface area contributed by atoms with E-state index in [1.165, 1.54) is 6.92 Å². The van der Waals surface area contributed by atoms with Crippen molar-refractivity contribution in [3.63, 3.8) is 0 Å². The van der Waals surface area contributed by atoms with Crippen molar-refractivity contribution in [2.45, 2.75) is 82.2 Å². The molecule has 1 saturated heterocycles. The maximum absolute atomic E-state index is 13.7. The molecule has 266 valence electrons. The number of alkyl halides is 2. The number of nitrogens with one attached hydrogen (secondary N) is 1. The fourth-order valence-electron chi connectivity index (χ4n) is 7.43. The Kier molecular flexibility index (Phi) is 10.0. The van der Waals surface area contributed by atoms with Crippen molar-refractivity contribution < 1.29 is 36.6 Å². The first kappa shape index (κ1) is 35.6. The third kappa shape index (κ3) is 7.76. The summed E-state index contributed by atoms with van der Waals surface area (Å²) >= 11 is 6.32. The summed E-state index contributed by atoms with van der Waals surface area (Å²) in [4.78, 5) is 29.8. The van der Waals surface area contributed by atoms with E-state index in [9.17, 15) is 31.9 Å². The van der Waals surface area contributed by atoms with Crippen molar-refractivity contribution in [3.05, 3.63) is 70.3 Å². The summed E-state index contributed by atoms with van der Waals surface area (Å²) in [6, 6.07) is 10.6. The molecule has 13 heteroatoms. The number of fused-ring (bicyclic) bond motifs is 3. The van der Waals surface area contributed by atoms with Gasteiger partial charge in [0.1, 0.15) is 12.4 Å². The van der Waals surface area contributed by atoms with Gasteiger partial charge in [0.15, 0.2) is 0 Å². The Balaban J connectivity index is 1.38. The predicted octanol–water partition coefficient (Wildman–Crippen LogP) is 5.73. The van der Waals surface area contributed by atoms with Gasteiger partial charge in [-0.2, -0.15) is 0 Å². The van der Waals surface area contributed by atoms with E-state index >= 15 is 0 Å². The highest BCUT2D eigenvalue weighted by Gasteiger charge is 2.51. The Morgan fingerprint density at radius 2 is 1.88 bits per heavy atom. The molecule has 1 aliphatic carbocycles. The van der Waals surface area contributed by atoms with E-state index in [2.05, 4.69) is 9.62 Å². The standard InChI is InChI=1S/C36H44ClF2N3O6S/c1-23-6-5-14-35(45,18-33(43)42-21-36(38,39)22-42)30-12-9-27(30)19-41-15-4-3-7-25-16-29(37)11-8-28(25)20-48-32-13-10-26(17-31(32)41)34(44)40-49(46,47)24(23)2/h5,8,10-11,13-14,16-17,23-24,27,30,45H,3-4,6-7,9,12,15,18-22H2,1-2H3,(H,40,44)/b14-5+/t23-,24+,27-,30+,35+/m0/s1. The van der Waals surface area contributed by atoms with E-state index in [-0.39, 0.29) is 36.8 Å². The normalized spacial score (nSPS) is 30.5. The number of amides is 2. The van der Waals surface area contributed by atoms with E-state index in [4.69, 9.17) is 16.3 Å². The van der Waals surface area contributed by atoms with Gasteiger partial charge < -0.3 is 19.6 Å². The van der Waals surface area contributed by atoms with E-state index < -0.39 is 57.6 Å². The molecule has 3 heterocycles. The summed E-state index contributed by atoms with van der Waals surface area (Å²) in [7, 11) is -4.09. The SMILES string of the molecule is C[C@@H]1[C@@H](C)C/C=C/[C@@](O)(CC(=O)N2CC(F)(F)C2)[C@@H]2CC[C@H]2CN2CCCCc3cc(Cl)ccc3COc3ccc(cc32)C(=O)NS1(=O)=O. The van der Waals surface area contributed by atoms with Gasteiger partial charge >= 0.3 is 0 Å². The average molecular weight is 720 g/mol. The lowest BCUT2D eigenvalue weighted by Gasteiger charge is -2.49. The summed E-state index contributed by atoms with van der Waals surface area (Å²) < 4.78 is 62.7. The van der Waals surface area contributed by atoms with Gasteiger partial charge in [-0.3, -0.25) is 9.59 Å². The molecule has 0 radical (unpaired) electrons. The summed E-state index contributed by atoms with van der Waals surface area (Å²) in [5.41, 5.74) is 1.27. The molecule has 5 atom stereocenters. The lowest BCUT2D eigenvalue weighted by atomic mass is 9.63. The van der Waals surface area contributed by atoms with Gasteiger partial charge in [0.05, 0.1) is 36.0 Å². The molecule has 2 fully saturated rings. The van der Waals surface area contributed by atoms with Gasteiger partial charge in [-0.25, -0.2) is 21.9 Å². The molecule has 2 amide bonds. The number of rotatable bonds is 2. The van der Waals surface area contributed by atoms with Crippen LogP contribution < -0.4 is 14.4 Å². The number of nitrogens with zero attached hydrogens (tertiary/aromatic N) is 2. The van der Waals surface area contributed by atoms with Crippen molar-refractivity contribution in [1.29, 1.82) is 0 Å². The van der Waals surface area contributed by atoms with Crippen LogP contribution in [0.2, 0.25) is 5.02 Å². The number of allylic oxidation sites excluding steroid dienone is 1. The third-order valence-electron chi connectivity index (χ3n) is 10.8. The van der Waals surface area contributed by atoms with Gasteiger partial charge in [0.25, 0.3) is 11.8 Å². The molecule has 2 aromatic rings. The lowest BCUT2D eigenvalue weighted by Crippen LogP contribution is -2.60. The van der Waals surface area contributed by atoms with Crippen LogP contribution in [0.4, 0.5) is 14.5 Å². The highest BCUT2D eigenvalue weighted by molar-refractivity contribution is 7.90. The minimum Gasteiger partial charge on any atom is -0.487 e. The topological polar surface area (TPSA) is 116 Å². The van der Waals surface area contributed by atoms with Crippen LogP contribution in [-0.4, -0.2) is 73.2 Å². The van der Waals surface area contributed by atoms with Gasteiger partial charge in [0, 0.05) is 23.7 Å². The summed E-state index contributed by atoms with van der Waals surface area (Å²) in [6.45, 7) is 3.25. The number of anilines is 1. The molecular weight excluding hydrogens is 676 g/mol. The minimum absolute atomic E-state index is 0.0589. The molecule has 0 aromatic heterocycles. The number of hydrogen-bond acceptors (Lipinski definition) is 7. The van der Waals surface area contributed by atoms with Gasteiger partial charge in [-0.05, 0) is 105 Å². The number of hydrogen-bond donors (Lipinski definition) is 2. The van der Waals surface area contributed by atoms with Crippen LogP contribution in [0.5, 0.6) is 5.75 Å². The number of aryl methyl sites for hydroxylation is 1. The molecule has 9 nitrogen and oxygen atoms in total. The molecule has 1 saturated carbocycles. The van der Waals surface area contributed by atoms with Gasteiger partial charge in [-0.1, -0.05) is 36.7 Å². The molecule has 3 aliphatic heterocycles. The molecule has 49 heavy (non-hydrogen) atoms. The Morgan fingerprint density at radius 3 is 2.59 bits per heavy atom. The number of likely N-dealkylation sites (tertiary alicyclic amines) is 1. The second-order valence-corrected chi connectivity index (χ2v) is 16.8. The predicted molar refractivity (Wildman–Crippen MR) is 183 cm³/mol. The molecule has 2 aromatic carbocycles. The maximum Gasteiger partial charge on any atom is 0.282 e. The summed E-state index contributed by atoms with van der Waals surface area (Å²) in [5.74, 6) is -4.53. The largest absolute Gasteiger partial charge is 0.487 e. The van der Waals surface area contributed by atoms with Crippen LogP contribution in [0.1, 0.15) is 73.9 Å². The minimum atomic E-state index is -4.09. The van der Waals surface area contributed by atoms with Crippen molar-refractivity contribution in [2.75, 3.05) is 31.1 Å².